The van der Waals surface area contributed by atoms with E-state index < -0.39 is 5.97 Å². The van der Waals surface area contributed by atoms with Crippen LogP contribution in [0.25, 0.3) is 17.2 Å². The molecule has 0 saturated carbocycles. The van der Waals surface area contributed by atoms with E-state index in [1.165, 1.54) is 21.6 Å². The number of aromatic carboxylic acids is 1. The van der Waals surface area contributed by atoms with Gasteiger partial charge >= 0.3 is 5.97 Å². The Morgan fingerprint density at radius 2 is 1.73 bits per heavy atom. The first-order valence-corrected chi connectivity index (χ1v) is 11.2. The van der Waals surface area contributed by atoms with Crippen molar-refractivity contribution in [3.63, 3.8) is 0 Å². The van der Waals surface area contributed by atoms with E-state index in [0.717, 1.165) is 22.4 Å². The summed E-state index contributed by atoms with van der Waals surface area (Å²) < 4.78 is 0. The van der Waals surface area contributed by atoms with E-state index in [4.69, 9.17) is 0 Å². The molecule has 152 valence electrons. The molecule has 1 N–H and O–H groups in total. The van der Waals surface area contributed by atoms with Crippen molar-refractivity contribution >= 4 is 23.8 Å². The Kier molecular flexibility index (Phi) is 5.57. The molecule has 30 heavy (non-hydrogen) atoms. The second kappa shape index (κ2) is 8.16. The van der Waals surface area contributed by atoms with E-state index in [1.54, 1.807) is 6.07 Å². The molecule has 1 heterocycles. The van der Waals surface area contributed by atoms with Crippen molar-refractivity contribution in [3.8, 4) is 11.1 Å². The summed E-state index contributed by atoms with van der Waals surface area (Å²) in [6.45, 7) is 6.45. The summed E-state index contributed by atoms with van der Waals surface area (Å²) in [6.07, 6.45) is 5.04. The highest BCUT2D eigenvalue weighted by Crippen LogP contribution is 2.36. The van der Waals surface area contributed by atoms with Crippen LogP contribution < -0.4 is 0 Å². The van der Waals surface area contributed by atoms with Gasteiger partial charge in [-0.2, -0.15) is 0 Å². The molecule has 0 radical (unpaired) electrons. The number of carboxylic acids is 1. The maximum absolute atomic E-state index is 11.9. The molecule has 0 spiro atoms. The predicted molar refractivity (Wildman–Crippen MR) is 127 cm³/mol. The molecule has 0 amide bonds. The molecule has 3 heteroatoms. The van der Waals surface area contributed by atoms with E-state index in [9.17, 15) is 9.90 Å². The molecule has 0 unspecified atom stereocenters. The fourth-order valence-electron chi connectivity index (χ4n) is 4.00. The van der Waals surface area contributed by atoms with Crippen molar-refractivity contribution < 1.29 is 9.90 Å². The molecule has 4 rings (SSSR count). The van der Waals surface area contributed by atoms with Gasteiger partial charge in [-0.25, -0.2) is 4.79 Å². The third-order valence-electron chi connectivity index (χ3n) is 5.78. The number of benzene rings is 3. The van der Waals surface area contributed by atoms with E-state index >= 15 is 0 Å². The minimum absolute atomic E-state index is 0.193. The Morgan fingerprint density at radius 3 is 2.47 bits per heavy atom. The van der Waals surface area contributed by atoms with Gasteiger partial charge in [0.25, 0.3) is 0 Å². The second-order valence-corrected chi connectivity index (χ2v) is 9.63. The van der Waals surface area contributed by atoms with Crippen LogP contribution in [-0.4, -0.2) is 16.8 Å². The zero-order valence-corrected chi connectivity index (χ0v) is 18.4. The van der Waals surface area contributed by atoms with Crippen molar-refractivity contribution in [1.29, 1.82) is 0 Å². The van der Waals surface area contributed by atoms with Crippen LogP contribution in [0.3, 0.4) is 0 Å². The molecule has 3 aromatic rings. The van der Waals surface area contributed by atoms with E-state index in [0.29, 0.717) is 12.0 Å². The summed E-state index contributed by atoms with van der Waals surface area (Å²) in [4.78, 5) is 13.2. The van der Waals surface area contributed by atoms with Gasteiger partial charge in [0.1, 0.15) is 0 Å². The van der Waals surface area contributed by atoms with Gasteiger partial charge < -0.3 is 5.11 Å². The van der Waals surface area contributed by atoms with E-state index in [-0.39, 0.29) is 5.41 Å². The zero-order chi connectivity index (χ0) is 21.3. The minimum Gasteiger partial charge on any atom is -0.478 e. The summed E-state index contributed by atoms with van der Waals surface area (Å²) >= 11 is 1.85. The molecule has 0 aliphatic carbocycles. The highest BCUT2D eigenvalue weighted by atomic mass is 32.2. The van der Waals surface area contributed by atoms with Crippen LogP contribution in [-0.2, 0) is 11.8 Å². The number of aryl methyl sites for hydroxylation is 1. The molecule has 0 aromatic heterocycles. The van der Waals surface area contributed by atoms with Crippen LogP contribution in [0.1, 0.15) is 46.5 Å². The van der Waals surface area contributed by atoms with Crippen molar-refractivity contribution in [3.05, 3.63) is 94.6 Å². The standard InChI is InChI=1S/C27H26O2S/c1-18-6-8-19(9-7-18)20-10-12-24(26(28)29)22(15-20)17-27(2,3)23-11-13-25-21(16-23)5-4-14-30-25/h4-13,15-16H,14,17H2,1-3H3,(H,28,29). The average Bonchev–Trinajstić information content (AvgIpc) is 2.73. The zero-order valence-electron chi connectivity index (χ0n) is 17.6. The number of hydrogen-bond acceptors (Lipinski definition) is 2. The quantitative estimate of drug-likeness (QED) is 0.488. The summed E-state index contributed by atoms with van der Waals surface area (Å²) in [5, 5.41) is 9.78. The van der Waals surface area contributed by atoms with Crippen LogP contribution >= 0.6 is 11.8 Å². The first-order valence-electron chi connectivity index (χ1n) is 10.2. The van der Waals surface area contributed by atoms with Gasteiger partial charge in [-0.05, 0) is 58.7 Å². The molecule has 1 aliphatic heterocycles. The third-order valence-corrected chi connectivity index (χ3v) is 6.82. The number of rotatable bonds is 5. The van der Waals surface area contributed by atoms with Crippen LogP contribution in [0.5, 0.6) is 0 Å². The fraction of sp³-hybridized carbons (Fsp3) is 0.222. The van der Waals surface area contributed by atoms with Crippen LogP contribution in [0.15, 0.2) is 71.6 Å². The molecule has 2 nitrogen and oxygen atoms in total. The number of fused-ring (bicyclic) bond motifs is 1. The van der Waals surface area contributed by atoms with Crippen LogP contribution in [0.4, 0.5) is 0 Å². The van der Waals surface area contributed by atoms with Crippen molar-refractivity contribution in [2.24, 2.45) is 0 Å². The number of hydrogen-bond donors (Lipinski definition) is 1. The second-order valence-electron chi connectivity index (χ2n) is 8.57. The molecule has 0 atom stereocenters. The van der Waals surface area contributed by atoms with Gasteiger partial charge in [-0.1, -0.05) is 80.1 Å². The van der Waals surface area contributed by atoms with E-state index in [2.05, 4.69) is 75.4 Å². The monoisotopic (exact) mass is 414 g/mol. The molecule has 0 bridgehead atoms. The number of carbonyl (C=O) groups is 1. The minimum atomic E-state index is -0.874. The molecule has 3 aromatic carbocycles. The highest BCUT2D eigenvalue weighted by molar-refractivity contribution is 7.99. The van der Waals surface area contributed by atoms with Gasteiger partial charge in [-0.15, -0.1) is 11.8 Å². The summed E-state index contributed by atoms with van der Waals surface area (Å²) in [5.41, 5.74) is 6.90. The summed E-state index contributed by atoms with van der Waals surface area (Å²) in [5.74, 6) is 0.143. The van der Waals surface area contributed by atoms with Crippen molar-refractivity contribution in [1.82, 2.24) is 0 Å². The lowest BCUT2D eigenvalue weighted by molar-refractivity contribution is 0.0695. The Hall–Kier alpha value is -2.78. The summed E-state index contributed by atoms with van der Waals surface area (Å²) in [7, 11) is 0. The lowest BCUT2D eigenvalue weighted by Gasteiger charge is -2.28. The molecular formula is C27H26O2S. The molecule has 0 saturated heterocycles. The third kappa shape index (κ3) is 4.22. The van der Waals surface area contributed by atoms with Crippen molar-refractivity contribution in [2.45, 2.75) is 37.5 Å². The van der Waals surface area contributed by atoms with Gasteiger partial charge in [-0.3, -0.25) is 0 Å². The van der Waals surface area contributed by atoms with Gasteiger partial charge in [0.2, 0.25) is 0 Å². The van der Waals surface area contributed by atoms with Gasteiger partial charge in [0.05, 0.1) is 5.56 Å². The number of thioether (sulfide) groups is 1. The van der Waals surface area contributed by atoms with E-state index in [1.807, 2.05) is 23.9 Å². The molecular weight excluding hydrogens is 388 g/mol. The highest BCUT2D eigenvalue weighted by Gasteiger charge is 2.25. The maximum Gasteiger partial charge on any atom is 0.335 e. The smallest absolute Gasteiger partial charge is 0.335 e. The Balaban J connectivity index is 1.71. The Bertz CT molecular complexity index is 1120. The number of carboxylic acid groups (broad SMARTS) is 1. The molecule has 0 fully saturated rings. The van der Waals surface area contributed by atoms with Crippen LogP contribution in [0.2, 0.25) is 0 Å². The lowest BCUT2D eigenvalue weighted by Crippen LogP contribution is -2.22. The first kappa shape index (κ1) is 20.5. The van der Waals surface area contributed by atoms with Gasteiger partial charge in [0.15, 0.2) is 0 Å². The largest absolute Gasteiger partial charge is 0.478 e. The fourth-order valence-corrected chi connectivity index (χ4v) is 4.83. The van der Waals surface area contributed by atoms with Crippen LogP contribution in [0, 0.1) is 6.92 Å². The topological polar surface area (TPSA) is 37.3 Å². The SMILES string of the molecule is Cc1ccc(-c2ccc(C(=O)O)c(CC(C)(C)c3ccc4c(c3)C=CCS4)c2)cc1. The van der Waals surface area contributed by atoms with Gasteiger partial charge in [0, 0.05) is 10.6 Å². The maximum atomic E-state index is 11.9. The first-order chi connectivity index (χ1) is 14.3. The Morgan fingerprint density at radius 1 is 1.00 bits per heavy atom. The Labute approximate surface area is 182 Å². The average molecular weight is 415 g/mol. The normalized spacial score (nSPS) is 13.2. The molecule has 1 aliphatic rings. The predicted octanol–water partition coefficient (Wildman–Crippen LogP) is 7.00. The van der Waals surface area contributed by atoms with Crippen molar-refractivity contribution in [2.75, 3.05) is 5.75 Å². The summed E-state index contributed by atoms with van der Waals surface area (Å²) in [6, 6.07) is 20.7. The lowest BCUT2D eigenvalue weighted by atomic mass is 9.77.